The van der Waals surface area contributed by atoms with Crippen molar-refractivity contribution in [3.05, 3.63) is 15.3 Å². The molecule has 0 fully saturated rings. The van der Waals surface area contributed by atoms with Crippen LogP contribution in [0.2, 0.25) is 0 Å². The van der Waals surface area contributed by atoms with Crippen molar-refractivity contribution in [2.75, 3.05) is 14.1 Å². The molecule has 1 heterocycles. The topological polar surface area (TPSA) is 71.1 Å². The Morgan fingerprint density at radius 1 is 1.35 bits per heavy atom. The van der Waals surface area contributed by atoms with E-state index in [-0.39, 0.29) is 0 Å². The first-order valence-electron chi connectivity index (χ1n) is 5.63. The molecule has 1 aliphatic rings. The Morgan fingerprint density at radius 3 is 2.71 bits per heavy atom. The van der Waals surface area contributed by atoms with Gasteiger partial charge in [0.2, 0.25) is 0 Å². The number of thiophene rings is 1. The highest BCUT2D eigenvalue weighted by molar-refractivity contribution is 7.14. The number of amides is 1. The van der Waals surface area contributed by atoms with Crippen molar-refractivity contribution < 1.29 is 4.79 Å². The summed E-state index contributed by atoms with van der Waals surface area (Å²) in [7, 11) is 3.60. The van der Waals surface area contributed by atoms with Gasteiger partial charge in [0.1, 0.15) is 10.6 Å². The Kier molecular flexibility index (Phi) is 3.42. The van der Waals surface area contributed by atoms with Gasteiger partial charge in [0.15, 0.2) is 0 Å². The van der Waals surface area contributed by atoms with Gasteiger partial charge in [-0.15, -0.1) is 16.5 Å². The molecule has 2 N–H and O–H groups in total. The number of hydrogen-bond acceptors (Lipinski definition) is 4. The number of fused-ring (bicyclic) bond motifs is 1. The molecule has 0 spiro atoms. The Hall–Kier alpha value is -1.43. The molecule has 0 unspecified atom stereocenters. The van der Waals surface area contributed by atoms with Crippen LogP contribution in [-0.2, 0) is 12.8 Å². The van der Waals surface area contributed by atoms with Gasteiger partial charge < -0.3 is 5.73 Å². The van der Waals surface area contributed by atoms with E-state index in [0.29, 0.717) is 10.6 Å². The van der Waals surface area contributed by atoms with E-state index in [0.717, 1.165) is 19.3 Å². The SMILES string of the molecule is CN(C)N=Nc1c(C(N)=O)sc2c1CCCC2. The normalized spacial score (nSPS) is 14.9. The van der Waals surface area contributed by atoms with E-state index in [4.69, 9.17) is 5.73 Å². The molecule has 0 radical (unpaired) electrons. The van der Waals surface area contributed by atoms with E-state index in [1.165, 1.54) is 28.2 Å². The smallest absolute Gasteiger partial charge is 0.261 e. The fraction of sp³-hybridized carbons (Fsp3) is 0.545. The number of carbonyl (C=O) groups excluding carboxylic acids is 1. The number of primary amides is 1. The largest absolute Gasteiger partial charge is 0.365 e. The van der Waals surface area contributed by atoms with E-state index in [2.05, 4.69) is 10.3 Å². The molecular formula is C11H16N4OS. The first-order chi connectivity index (χ1) is 8.09. The maximum absolute atomic E-state index is 11.4. The number of aryl methyl sites for hydroxylation is 1. The predicted octanol–water partition coefficient (Wildman–Crippen LogP) is 2.29. The fourth-order valence-electron chi connectivity index (χ4n) is 1.96. The first-order valence-corrected chi connectivity index (χ1v) is 6.44. The Bertz CT molecular complexity index is 464. The van der Waals surface area contributed by atoms with Gasteiger partial charge in [-0.2, -0.15) is 0 Å². The molecule has 0 bridgehead atoms. The van der Waals surface area contributed by atoms with Crippen molar-refractivity contribution >= 4 is 22.9 Å². The molecule has 0 atom stereocenters. The molecular weight excluding hydrogens is 236 g/mol. The predicted molar refractivity (Wildman–Crippen MR) is 67.7 cm³/mol. The van der Waals surface area contributed by atoms with Gasteiger partial charge in [-0.05, 0) is 31.2 Å². The number of nitrogens with zero attached hydrogens (tertiary/aromatic N) is 3. The summed E-state index contributed by atoms with van der Waals surface area (Å²) in [6.07, 6.45) is 4.32. The summed E-state index contributed by atoms with van der Waals surface area (Å²) in [4.78, 5) is 13.2. The second kappa shape index (κ2) is 4.83. The maximum Gasteiger partial charge on any atom is 0.261 e. The van der Waals surface area contributed by atoms with Crippen molar-refractivity contribution in [1.82, 2.24) is 5.01 Å². The number of rotatable bonds is 3. The lowest BCUT2D eigenvalue weighted by molar-refractivity contribution is 0.100. The second-order valence-electron chi connectivity index (χ2n) is 4.29. The Balaban J connectivity index is 2.45. The van der Waals surface area contributed by atoms with Crippen LogP contribution in [0, 0.1) is 0 Å². The van der Waals surface area contributed by atoms with Gasteiger partial charge in [0.25, 0.3) is 5.91 Å². The van der Waals surface area contributed by atoms with Crippen LogP contribution in [0.1, 0.15) is 33.0 Å². The molecule has 2 rings (SSSR count). The van der Waals surface area contributed by atoms with Gasteiger partial charge >= 0.3 is 0 Å². The fourth-order valence-corrected chi connectivity index (χ4v) is 3.13. The number of nitrogens with two attached hydrogens (primary N) is 1. The number of hydrogen-bond donors (Lipinski definition) is 1. The summed E-state index contributed by atoms with van der Waals surface area (Å²) in [5.74, 6) is -0.405. The highest BCUT2D eigenvalue weighted by Gasteiger charge is 2.23. The summed E-state index contributed by atoms with van der Waals surface area (Å²) in [6.45, 7) is 0. The molecule has 1 amide bonds. The molecule has 17 heavy (non-hydrogen) atoms. The lowest BCUT2D eigenvalue weighted by atomic mass is 9.98. The molecule has 0 saturated heterocycles. The average Bonchev–Trinajstić information content (AvgIpc) is 2.65. The number of carbonyl (C=O) groups is 1. The van der Waals surface area contributed by atoms with Crippen LogP contribution in [0.15, 0.2) is 10.3 Å². The minimum absolute atomic E-state index is 0.405. The molecule has 1 aromatic rings. The highest BCUT2D eigenvalue weighted by atomic mass is 32.1. The van der Waals surface area contributed by atoms with Crippen LogP contribution in [0.5, 0.6) is 0 Å². The van der Waals surface area contributed by atoms with E-state index in [1.807, 2.05) is 0 Å². The van der Waals surface area contributed by atoms with Crippen molar-refractivity contribution in [2.24, 2.45) is 16.1 Å². The van der Waals surface area contributed by atoms with Crippen LogP contribution in [0.25, 0.3) is 0 Å². The monoisotopic (exact) mass is 252 g/mol. The summed E-state index contributed by atoms with van der Waals surface area (Å²) in [5.41, 5.74) is 7.24. The third kappa shape index (κ3) is 2.46. The Morgan fingerprint density at radius 2 is 2.06 bits per heavy atom. The van der Waals surface area contributed by atoms with Crippen molar-refractivity contribution in [2.45, 2.75) is 25.7 Å². The minimum atomic E-state index is -0.405. The van der Waals surface area contributed by atoms with Crippen molar-refractivity contribution in [1.29, 1.82) is 0 Å². The standard InChI is InChI=1S/C11H16N4OS/c1-15(2)14-13-9-7-5-3-4-6-8(7)17-10(9)11(12)16/h3-6H2,1-2H3,(H2,12,16). The lowest BCUT2D eigenvalue weighted by Gasteiger charge is -2.10. The maximum atomic E-state index is 11.4. The van der Waals surface area contributed by atoms with Crippen LogP contribution >= 0.6 is 11.3 Å². The Labute approximate surface area is 104 Å². The van der Waals surface area contributed by atoms with Gasteiger partial charge in [-0.3, -0.25) is 9.80 Å². The first kappa shape index (κ1) is 12.0. The molecule has 0 aliphatic heterocycles. The van der Waals surface area contributed by atoms with E-state index in [1.54, 1.807) is 19.1 Å². The molecule has 92 valence electrons. The van der Waals surface area contributed by atoms with Crippen molar-refractivity contribution in [3.8, 4) is 0 Å². The summed E-state index contributed by atoms with van der Waals surface area (Å²) in [5, 5.41) is 9.74. The van der Waals surface area contributed by atoms with Gasteiger partial charge in [-0.1, -0.05) is 5.22 Å². The third-order valence-corrected chi connectivity index (χ3v) is 3.99. The minimum Gasteiger partial charge on any atom is -0.365 e. The van der Waals surface area contributed by atoms with Crippen LogP contribution in [0.3, 0.4) is 0 Å². The van der Waals surface area contributed by atoms with Crippen LogP contribution in [-0.4, -0.2) is 25.0 Å². The average molecular weight is 252 g/mol. The second-order valence-corrected chi connectivity index (χ2v) is 5.39. The molecule has 0 saturated carbocycles. The third-order valence-electron chi connectivity index (χ3n) is 2.69. The lowest BCUT2D eigenvalue weighted by Crippen LogP contribution is -2.09. The van der Waals surface area contributed by atoms with Crippen LogP contribution in [0.4, 0.5) is 5.69 Å². The molecule has 0 aromatic carbocycles. The summed E-state index contributed by atoms with van der Waals surface area (Å²) < 4.78 is 0. The zero-order chi connectivity index (χ0) is 12.4. The zero-order valence-electron chi connectivity index (χ0n) is 10.1. The van der Waals surface area contributed by atoms with E-state index < -0.39 is 5.91 Å². The van der Waals surface area contributed by atoms with Gasteiger partial charge in [-0.25, -0.2) is 0 Å². The molecule has 6 heteroatoms. The summed E-state index contributed by atoms with van der Waals surface area (Å²) in [6, 6.07) is 0. The molecule has 5 nitrogen and oxygen atoms in total. The van der Waals surface area contributed by atoms with Gasteiger partial charge in [0.05, 0.1) is 0 Å². The van der Waals surface area contributed by atoms with Crippen molar-refractivity contribution in [3.63, 3.8) is 0 Å². The summed E-state index contributed by atoms with van der Waals surface area (Å²) >= 11 is 1.47. The van der Waals surface area contributed by atoms with E-state index in [9.17, 15) is 4.79 Å². The highest BCUT2D eigenvalue weighted by Crippen LogP contribution is 2.40. The van der Waals surface area contributed by atoms with Gasteiger partial charge in [0, 0.05) is 19.0 Å². The van der Waals surface area contributed by atoms with Crippen LogP contribution < -0.4 is 5.73 Å². The molecule has 1 aliphatic carbocycles. The quantitative estimate of drug-likeness (QED) is 0.662. The van der Waals surface area contributed by atoms with E-state index >= 15 is 0 Å². The molecule has 1 aromatic heterocycles. The zero-order valence-corrected chi connectivity index (χ0v) is 10.9.